The van der Waals surface area contributed by atoms with Crippen molar-refractivity contribution in [1.82, 2.24) is 10.3 Å². The van der Waals surface area contributed by atoms with Crippen LogP contribution < -0.4 is 5.32 Å². The van der Waals surface area contributed by atoms with Crippen LogP contribution in [0, 0.1) is 11.6 Å². The van der Waals surface area contributed by atoms with Crippen molar-refractivity contribution in [3.8, 4) is 9.88 Å². The molecule has 1 atom stereocenters. The minimum Gasteiger partial charge on any atom is -0.386 e. The standard InChI is InChI=1S/C16H11ClF2N2O2S2/c17-14-4-3-13(25-14)16-21-11(7-24-16)15(23)20-6-12(22)9-2-1-8(18)5-10(9)19/h1-5,7,12,22H,6H2,(H,20,23). The summed E-state index contributed by atoms with van der Waals surface area (Å²) >= 11 is 8.53. The molecule has 0 aliphatic heterocycles. The quantitative estimate of drug-likeness (QED) is 0.672. The zero-order valence-electron chi connectivity index (χ0n) is 12.5. The molecule has 0 radical (unpaired) electrons. The molecule has 2 N–H and O–H groups in total. The topological polar surface area (TPSA) is 62.2 Å². The molecule has 0 fully saturated rings. The van der Waals surface area contributed by atoms with Gasteiger partial charge >= 0.3 is 0 Å². The molecule has 25 heavy (non-hydrogen) atoms. The fourth-order valence-electron chi connectivity index (χ4n) is 2.08. The second-order valence-electron chi connectivity index (χ2n) is 5.03. The zero-order valence-corrected chi connectivity index (χ0v) is 14.9. The highest BCUT2D eigenvalue weighted by molar-refractivity contribution is 7.23. The smallest absolute Gasteiger partial charge is 0.270 e. The monoisotopic (exact) mass is 400 g/mol. The van der Waals surface area contributed by atoms with Crippen LogP contribution in [0.2, 0.25) is 4.34 Å². The second-order valence-corrected chi connectivity index (χ2v) is 7.61. The van der Waals surface area contributed by atoms with Gasteiger partial charge in [-0.15, -0.1) is 22.7 Å². The van der Waals surface area contributed by atoms with Crippen molar-refractivity contribution in [2.24, 2.45) is 0 Å². The average Bonchev–Trinajstić information content (AvgIpc) is 3.21. The lowest BCUT2D eigenvalue weighted by atomic mass is 10.1. The second kappa shape index (κ2) is 7.57. The summed E-state index contributed by atoms with van der Waals surface area (Å²) in [7, 11) is 0. The van der Waals surface area contributed by atoms with Gasteiger partial charge in [0.1, 0.15) is 22.3 Å². The number of rotatable bonds is 5. The van der Waals surface area contributed by atoms with E-state index in [2.05, 4.69) is 10.3 Å². The summed E-state index contributed by atoms with van der Waals surface area (Å²) in [5.41, 5.74) is 0.102. The van der Waals surface area contributed by atoms with Crippen molar-refractivity contribution >= 4 is 40.2 Å². The van der Waals surface area contributed by atoms with Gasteiger partial charge in [0, 0.05) is 23.6 Å². The Morgan fingerprint density at radius 3 is 2.80 bits per heavy atom. The largest absolute Gasteiger partial charge is 0.386 e. The molecule has 0 bridgehead atoms. The molecule has 3 aromatic rings. The lowest BCUT2D eigenvalue weighted by Crippen LogP contribution is -2.29. The van der Waals surface area contributed by atoms with E-state index in [4.69, 9.17) is 11.6 Å². The van der Waals surface area contributed by atoms with Crippen LogP contribution in [0.1, 0.15) is 22.2 Å². The number of amides is 1. The molecule has 1 amide bonds. The van der Waals surface area contributed by atoms with Crippen molar-refractivity contribution in [3.63, 3.8) is 0 Å². The fraction of sp³-hybridized carbons (Fsp3) is 0.125. The van der Waals surface area contributed by atoms with E-state index in [1.807, 2.05) is 6.07 Å². The summed E-state index contributed by atoms with van der Waals surface area (Å²) < 4.78 is 27.1. The first-order valence-electron chi connectivity index (χ1n) is 7.06. The van der Waals surface area contributed by atoms with E-state index in [-0.39, 0.29) is 17.8 Å². The molecule has 1 unspecified atom stereocenters. The third-order valence-electron chi connectivity index (χ3n) is 3.30. The van der Waals surface area contributed by atoms with Crippen LogP contribution in [-0.2, 0) is 0 Å². The summed E-state index contributed by atoms with van der Waals surface area (Å²) in [6, 6.07) is 6.43. The Balaban J connectivity index is 1.63. The Kier molecular flexibility index (Phi) is 5.43. The number of thiazole rings is 1. The highest BCUT2D eigenvalue weighted by Gasteiger charge is 2.17. The van der Waals surface area contributed by atoms with Crippen LogP contribution >= 0.6 is 34.3 Å². The minimum atomic E-state index is -1.29. The molecule has 9 heteroatoms. The molecule has 0 aliphatic rings. The molecule has 2 heterocycles. The number of thiophene rings is 1. The molecule has 2 aromatic heterocycles. The van der Waals surface area contributed by atoms with Gasteiger partial charge in [-0.2, -0.15) is 0 Å². The molecule has 0 aliphatic carbocycles. The summed E-state index contributed by atoms with van der Waals surface area (Å²) in [5.74, 6) is -2.10. The van der Waals surface area contributed by atoms with E-state index in [0.29, 0.717) is 15.4 Å². The first-order valence-corrected chi connectivity index (χ1v) is 9.14. The van der Waals surface area contributed by atoms with Gasteiger partial charge in [0.2, 0.25) is 0 Å². The molecule has 130 valence electrons. The Bertz CT molecular complexity index is 913. The van der Waals surface area contributed by atoms with Crippen molar-refractivity contribution in [2.75, 3.05) is 6.54 Å². The zero-order chi connectivity index (χ0) is 18.0. The third kappa shape index (κ3) is 4.21. The SMILES string of the molecule is O=C(NCC(O)c1ccc(F)cc1F)c1csc(-c2ccc(Cl)s2)n1. The summed E-state index contributed by atoms with van der Waals surface area (Å²) in [4.78, 5) is 17.2. The average molecular weight is 401 g/mol. The van der Waals surface area contributed by atoms with Gasteiger partial charge in [0.25, 0.3) is 5.91 Å². The number of hydrogen-bond donors (Lipinski definition) is 2. The van der Waals surface area contributed by atoms with E-state index in [9.17, 15) is 18.7 Å². The molecule has 0 spiro atoms. The van der Waals surface area contributed by atoms with Gasteiger partial charge in [-0.1, -0.05) is 17.7 Å². The Morgan fingerprint density at radius 2 is 2.12 bits per heavy atom. The molecule has 0 saturated carbocycles. The van der Waals surface area contributed by atoms with Crippen LogP contribution in [0.4, 0.5) is 8.78 Å². The Morgan fingerprint density at radius 1 is 1.32 bits per heavy atom. The fourth-order valence-corrected chi connectivity index (χ4v) is 4.00. The maximum atomic E-state index is 13.6. The summed E-state index contributed by atoms with van der Waals surface area (Å²) in [6.07, 6.45) is -1.29. The number of nitrogens with zero attached hydrogens (tertiary/aromatic N) is 1. The van der Waals surface area contributed by atoms with Crippen LogP contribution in [0.5, 0.6) is 0 Å². The van der Waals surface area contributed by atoms with Crippen LogP contribution in [0.15, 0.2) is 35.7 Å². The normalized spacial score (nSPS) is 12.2. The minimum absolute atomic E-state index is 0.0890. The Labute approximate surface area is 154 Å². The van der Waals surface area contributed by atoms with E-state index < -0.39 is 23.6 Å². The van der Waals surface area contributed by atoms with Crippen LogP contribution in [0.3, 0.4) is 0 Å². The number of benzene rings is 1. The number of carbonyl (C=O) groups excluding carboxylic acids is 1. The predicted octanol–water partition coefficient (Wildman–Crippen LogP) is 4.27. The highest BCUT2D eigenvalue weighted by atomic mass is 35.5. The van der Waals surface area contributed by atoms with E-state index in [0.717, 1.165) is 17.0 Å². The molecule has 0 saturated heterocycles. The lowest BCUT2D eigenvalue weighted by molar-refractivity contribution is 0.0910. The summed E-state index contributed by atoms with van der Waals surface area (Å²) in [5, 5.41) is 14.7. The van der Waals surface area contributed by atoms with E-state index >= 15 is 0 Å². The van der Waals surface area contributed by atoms with E-state index in [1.54, 1.807) is 11.4 Å². The predicted molar refractivity (Wildman–Crippen MR) is 94.1 cm³/mol. The number of nitrogens with one attached hydrogen (secondary N) is 1. The van der Waals surface area contributed by atoms with Crippen LogP contribution in [0.25, 0.3) is 9.88 Å². The number of aliphatic hydroxyl groups is 1. The number of aliphatic hydroxyl groups excluding tert-OH is 1. The Hall–Kier alpha value is -1.87. The highest BCUT2D eigenvalue weighted by Crippen LogP contribution is 2.32. The summed E-state index contributed by atoms with van der Waals surface area (Å²) in [6.45, 7) is -0.223. The first-order chi connectivity index (χ1) is 11.9. The van der Waals surface area contributed by atoms with Crippen molar-refractivity contribution in [3.05, 3.63) is 62.9 Å². The maximum Gasteiger partial charge on any atom is 0.270 e. The number of halogens is 3. The maximum absolute atomic E-state index is 13.6. The van der Waals surface area contributed by atoms with Crippen molar-refractivity contribution in [2.45, 2.75) is 6.10 Å². The van der Waals surface area contributed by atoms with E-state index in [1.165, 1.54) is 22.7 Å². The molecule has 4 nitrogen and oxygen atoms in total. The first kappa shape index (κ1) is 17.9. The van der Waals surface area contributed by atoms with Gasteiger partial charge in [-0.05, 0) is 18.2 Å². The van der Waals surface area contributed by atoms with Gasteiger partial charge in [-0.3, -0.25) is 4.79 Å². The number of carbonyl (C=O) groups is 1. The molecule has 1 aromatic carbocycles. The molecular weight excluding hydrogens is 390 g/mol. The van der Waals surface area contributed by atoms with Crippen LogP contribution in [-0.4, -0.2) is 22.5 Å². The van der Waals surface area contributed by atoms with Gasteiger partial charge in [-0.25, -0.2) is 13.8 Å². The van der Waals surface area contributed by atoms with Gasteiger partial charge in [0.15, 0.2) is 0 Å². The molecule has 3 rings (SSSR count). The van der Waals surface area contributed by atoms with Gasteiger partial charge in [0.05, 0.1) is 15.3 Å². The lowest BCUT2D eigenvalue weighted by Gasteiger charge is -2.12. The molecular formula is C16H11ClF2N2O2S2. The number of hydrogen-bond acceptors (Lipinski definition) is 5. The third-order valence-corrected chi connectivity index (χ3v) is 5.54. The van der Waals surface area contributed by atoms with Gasteiger partial charge < -0.3 is 10.4 Å². The van der Waals surface area contributed by atoms with Crippen molar-refractivity contribution < 1.29 is 18.7 Å². The number of aromatic nitrogens is 1. The van der Waals surface area contributed by atoms with Crippen molar-refractivity contribution in [1.29, 1.82) is 0 Å².